The molecule has 1 heterocycles. The number of nitrogens with one attached hydrogen (secondary N) is 1. The minimum Gasteiger partial charge on any atom is -0.338 e. The quantitative estimate of drug-likeness (QED) is 0.788. The Hall–Kier alpha value is -3.09. The van der Waals surface area contributed by atoms with E-state index in [1.165, 1.54) is 24.4 Å². The SMILES string of the molecule is Cn1ccnc1[C@H](NC(=O)c1cc(F)ccc1F)c1cccc(F)c1. The molecule has 4 nitrogen and oxygen atoms in total. The monoisotopic (exact) mass is 345 g/mol. The van der Waals surface area contributed by atoms with E-state index in [-0.39, 0.29) is 0 Å². The number of carbonyl (C=O) groups is 1. The van der Waals surface area contributed by atoms with Crippen LogP contribution in [-0.2, 0) is 7.05 Å². The first-order chi connectivity index (χ1) is 12.0. The minimum atomic E-state index is -0.850. The second kappa shape index (κ2) is 6.80. The number of amides is 1. The maximum atomic E-state index is 13.9. The summed E-state index contributed by atoms with van der Waals surface area (Å²) in [5.74, 6) is -2.46. The van der Waals surface area contributed by atoms with Gasteiger partial charge in [-0.15, -0.1) is 0 Å². The van der Waals surface area contributed by atoms with Crippen molar-refractivity contribution in [2.75, 3.05) is 0 Å². The predicted molar refractivity (Wildman–Crippen MR) is 85.3 cm³/mol. The van der Waals surface area contributed by atoms with Gasteiger partial charge in [0.15, 0.2) is 0 Å². The largest absolute Gasteiger partial charge is 0.338 e. The van der Waals surface area contributed by atoms with Gasteiger partial charge in [0.05, 0.1) is 5.56 Å². The third-order valence-electron chi connectivity index (χ3n) is 3.75. The molecule has 1 amide bonds. The summed E-state index contributed by atoms with van der Waals surface area (Å²) < 4.78 is 42.4. The first-order valence-corrected chi connectivity index (χ1v) is 7.44. The summed E-state index contributed by atoms with van der Waals surface area (Å²) in [6, 6.07) is 7.42. The molecule has 0 aliphatic rings. The molecule has 0 saturated heterocycles. The number of rotatable bonds is 4. The number of benzene rings is 2. The normalized spacial score (nSPS) is 12.0. The molecule has 0 aliphatic carbocycles. The minimum absolute atomic E-state index is 0.427. The highest BCUT2D eigenvalue weighted by Gasteiger charge is 2.23. The summed E-state index contributed by atoms with van der Waals surface area (Å²) >= 11 is 0. The van der Waals surface area contributed by atoms with Gasteiger partial charge in [-0.2, -0.15) is 0 Å². The Labute approximate surface area is 141 Å². The Balaban J connectivity index is 2.00. The van der Waals surface area contributed by atoms with Crippen LogP contribution in [0.25, 0.3) is 0 Å². The summed E-state index contributed by atoms with van der Waals surface area (Å²) in [6.07, 6.45) is 3.19. The molecule has 0 radical (unpaired) electrons. The second-order valence-electron chi connectivity index (χ2n) is 5.48. The van der Waals surface area contributed by atoms with Crippen molar-refractivity contribution in [3.8, 4) is 0 Å². The molecule has 1 aromatic heterocycles. The highest BCUT2D eigenvalue weighted by Crippen LogP contribution is 2.22. The second-order valence-corrected chi connectivity index (χ2v) is 5.48. The first kappa shape index (κ1) is 16.8. The molecule has 0 unspecified atom stereocenters. The number of nitrogens with zero attached hydrogens (tertiary/aromatic N) is 2. The summed E-state index contributed by atoms with van der Waals surface area (Å²) in [6.45, 7) is 0. The zero-order valence-corrected chi connectivity index (χ0v) is 13.2. The number of aryl methyl sites for hydroxylation is 1. The fourth-order valence-electron chi connectivity index (χ4n) is 2.52. The molecular formula is C18H14F3N3O. The van der Waals surface area contributed by atoms with Gasteiger partial charge in [0, 0.05) is 19.4 Å². The summed E-state index contributed by atoms with van der Waals surface area (Å²) in [5.41, 5.74) is -0.00456. The van der Waals surface area contributed by atoms with E-state index in [1.807, 2.05) is 0 Å². The number of halogens is 3. The molecular weight excluding hydrogens is 331 g/mol. The smallest absolute Gasteiger partial charge is 0.255 e. The summed E-state index contributed by atoms with van der Waals surface area (Å²) in [7, 11) is 1.71. The van der Waals surface area contributed by atoms with Gasteiger partial charge in [-0.05, 0) is 35.9 Å². The highest BCUT2D eigenvalue weighted by molar-refractivity contribution is 5.94. The van der Waals surface area contributed by atoms with E-state index in [0.717, 1.165) is 18.2 Å². The van der Waals surface area contributed by atoms with E-state index in [4.69, 9.17) is 0 Å². The Bertz CT molecular complexity index is 923. The van der Waals surface area contributed by atoms with Crippen LogP contribution < -0.4 is 5.32 Å². The van der Waals surface area contributed by atoms with Crippen LogP contribution in [0.1, 0.15) is 27.8 Å². The van der Waals surface area contributed by atoms with E-state index in [1.54, 1.807) is 23.9 Å². The van der Waals surface area contributed by atoms with Crippen molar-refractivity contribution in [3.63, 3.8) is 0 Å². The molecule has 25 heavy (non-hydrogen) atoms. The third-order valence-corrected chi connectivity index (χ3v) is 3.75. The lowest BCUT2D eigenvalue weighted by Crippen LogP contribution is -2.31. The van der Waals surface area contributed by atoms with Gasteiger partial charge >= 0.3 is 0 Å². The molecule has 0 saturated carbocycles. The van der Waals surface area contributed by atoms with Gasteiger partial charge in [0.1, 0.15) is 29.3 Å². The maximum Gasteiger partial charge on any atom is 0.255 e. The number of imidazole rings is 1. The summed E-state index contributed by atoms with van der Waals surface area (Å²) in [4.78, 5) is 16.6. The highest BCUT2D eigenvalue weighted by atomic mass is 19.1. The van der Waals surface area contributed by atoms with Gasteiger partial charge in [0.25, 0.3) is 5.91 Å². The van der Waals surface area contributed by atoms with Crippen LogP contribution >= 0.6 is 0 Å². The molecule has 2 aromatic carbocycles. The molecule has 3 aromatic rings. The topological polar surface area (TPSA) is 46.9 Å². The Morgan fingerprint density at radius 2 is 1.88 bits per heavy atom. The molecule has 0 fully saturated rings. The zero-order chi connectivity index (χ0) is 18.0. The molecule has 0 spiro atoms. The van der Waals surface area contributed by atoms with Crippen LogP contribution in [-0.4, -0.2) is 15.5 Å². The molecule has 7 heteroatoms. The van der Waals surface area contributed by atoms with Crippen LogP contribution in [0.15, 0.2) is 54.9 Å². The van der Waals surface area contributed by atoms with E-state index >= 15 is 0 Å². The van der Waals surface area contributed by atoms with Crippen LogP contribution in [0.2, 0.25) is 0 Å². The fraction of sp³-hybridized carbons (Fsp3) is 0.111. The van der Waals surface area contributed by atoms with Crippen molar-refractivity contribution in [2.45, 2.75) is 6.04 Å². The van der Waals surface area contributed by atoms with Crippen molar-refractivity contribution in [3.05, 3.63) is 89.3 Å². The molecule has 3 rings (SSSR count). The van der Waals surface area contributed by atoms with E-state index in [9.17, 15) is 18.0 Å². The van der Waals surface area contributed by atoms with E-state index in [2.05, 4.69) is 10.3 Å². The number of hydrogen-bond donors (Lipinski definition) is 1. The standard InChI is InChI=1S/C18H14F3N3O/c1-24-8-7-22-17(24)16(11-3-2-4-12(19)9-11)23-18(25)14-10-13(20)5-6-15(14)21/h2-10,16H,1H3,(H,23,25)/t16-/m1/s1. The molecule has 128 valence electrons. The number of hydrogen-bond acceptors (Lipinski definition) is 2. The lowest BCUT2D eigenvalue weighted by atomic mass is 10.0. The molecule has 1 atom stereocenters. The Kier molecular flexibility index (Phi) is 4.56. The van der Waals surface area contributed by atoms with Crippen molar-refractivity contribution in [1.82, 2.24) is 14.9 Å². The van der Waals surface area contributed by atoms with E-state index in [0.29, 0.717) is 11.4 Å². The average molecular weight is 345 g/mol. The maximum absolute atomic E-state index is 13.9. The third kappa shape index (κ3) is 3.55. The van der Waals surface area contributed by atoms with Crippen molar-refractivity contribution >= 4 is 5.91 Å². The van der Waals surface area contributed by atoms with Crippen LogP contribution in [0.5, 0.6) is 0 Å². The molecule has 0 bridgehead atoms. The molecule has 0 aliphatic heterocycles. The van der Waals surface area contributed by atoms with Gasteiger partial charge in [-0.1, -0.05) is 12.1 Å². The Morgan fingerprint density at radius 1 is 1.12 bits per heavy atom. The van der Waals surface area contributed by atoms with Crippen molar-refractivity contribution in [1.29, 1.82) is 0 Å². The van der Waals surface area contributed by atoms with Crippen LogP contribution in [0.3, 0.4) is 0 Å². The van der Waals surface area contributed by atoms with Crippen LogP contribution in [0.4, 0.5) is 13.2 Å². The van der Waals surface area contributed by atoms with Gasteiger partial charge < -0.3 is 9.88 Å². The zero-order valence-electron chi connectivity index (χ0n) is 13.2. The van der Waals surface area contributed by atoms with Crippen molar-refractivity contribution in [2.24, 2.45) is 7.05 Å². The Morgan fingerprint density at radius 3 is 2.56 bits per heavy atom. The average Bonchev–Trinajstić information content (AvgIpc) is 3.00. The first-order valence-electron chi connectivity index (χ1n) is 7.44. The van der Waals surface area contributed by atoms with Gasteiger partial charge in [-0.3, -0.25) is 4.79 Å². The lowest BCUT2D eigenvalue weighted by Gasteiger charge is -2.19. The van der Waals surface area contributed by atoms with Gasteiger partial charge in [0.2, 0.25) is 0 Å². The van der Waals surface area contributed by atoms with Gasteiger partial charge in [-0.25, -0.2) is 18.2 Å². The fourth-order valence-corrected chi connectivity index (χ4v) is 2.52. The number of carbonyl (C=O) groups excluding carboxylic acids is 1. The lowest BCUT2D eigenvalue weighted by molar-refractivity contribution is 0.0936. The summed E-state index contributed by atoms with van der Waals surface area (Å²) in [5, 5.41) is 2.59. The predicted octanol–water partition coefficient (Wildman–Crippen LogP) is 3.36. The number of aromatic nitrogens is 2. The van der Waals surface area contributed by atoms with Crippen LogP contribution in [0, 0.1) is 17.5 Å². The van der Waals surface area contributed by atoms with Crippen molar-refractivity contribution < 1.29 is 18.0 Å². The molecule has 1 N–H and O–H groups in total. The van der Waals surface area contributed by atoms with E-state index < -0.39 is 35.0 Å².